The van der Waals surface area contributed by atoms with Gasteiger partial charge in [-0.15, -0.1) is 0 Å². The van der Waals surface area contributed by atoms with Crippen molar-refractivity contribution in [2.45, 2.75) is 24.7 Å². The molecule has 1 aliphatic carbocycles. The fourth-order valence-electron chi connectivity index (χ4n) is 3.87. The van der Waals surface area contributed by atoms with Crippen LogP contribution in [-0.4, -0.2) is 21.0 Å². The summed E-state index contributed by atoms with van der Waals surface area (Å²) in [5.74, 6) is 0.991. The van der Waals surface area contributed by atoms with Gasteiger partial charge in [0.05, 0.1) is 0 Å². The maximum atomic E-state index is 12.3. The summed E-state index contributed by atoms with van der Waals surface area (Å²) in [7, 11) is 0. The van der Waals surface area contributed by atoms with Crippen LogP contribution in [0.1, 0.15) is 19.8 Å². The molecule has 2 N–H and O–H groups in total. The molecule has 0 unspecified atom stereocenters. The molecule has 0 bridgehead atoms. The number of benzene rings is 3. The minimum Gasteiger partial charge on any atom is -0.332 e. The van der Waals surface area contributed by atoms with Crippen LogP contribution in [0.3, 0.4) is 0 Å². The minimum atomic E-state index is -0.204. The lowest BCUT2D eigenvalue weighted by Gasteiger charge is -2.12. The maximum Gasteiger partial charge on any atom is 0.277 e. The first-order chi connectivity index (χ1) is 17.6. The second-order valence-corrected chi connectivity index (χ2v) is 10.0. The standard InChI is InChI=1S/C28H23N5O2S/c1-28(14-15-28)27(34)30-20-6-4-7-21(17-20)33-36-22-11-9-19(10-12-22)25-31-26(35-32-25)24-23-8-3-2-5-18(23)13-16-29-24/h2-13,16-17,33H,14-15H2,1H3,(H,30,34). The first-order valence-corrected chi connectivity index (χ1v) is 12.5. The van der Waals surface area contributed by atoms with E-state index in [0.29, 0.717) is 17.4 Å². The van der Waals surface area contributed by atoms with Gasteiger partial charge in [0.2, 0.25) is 11.7 Å². The van der Waals surface area contributed by atoms with E-state index < -0.39 is 0 Å². The number of aromatic nitrogens is 3. The van der Waals surface area contributed by atoms with Gasteiger partial charge in [-0.05, 0) is 78.7 Å². The number of hydrogen-bond donors (Lipinski definition) is 2. The molecule has 1 fully saturated rings. The monoisotopic (exact) mass is 493 g/mol. The molecule has 1 aliphatic rings. The van der Waals surface area contributed by atoms with Crippen molar-refractivity contribution in [1.29, 1.82) is 0 Å². The molecule has 178 valence electrons. The Bertz CT molecular complexity index is 1550. The maximum absolute atomic E-state index is 12.3. The van der Waals surface area contributed by atoms with Gasteiger partial charge in [-0.2, -0.15) is 4.98 Å². The van der Waals surface area contributed by atoms with Crippen molar-refractivity contribution in [3.8, 4) is 23.0 Å². The molecule has 0 aliphatic heterocycles. The highest BCUT2D eigenvalue weighted by Gasteiger charge is 2.44. The Morgan fingerprint density at radius 3 is 2.61 bits per heavy atom. The Morgan fingerprint density at radius 1 is 0.972 bits per heavy atom. The summed E-state index contributed by atoms with van der Waals surface area (Å²) in [6.07, 6.45) is 3.65. The van der Waals surface area contributed by atoms with Gasteiger partial charge in [-0.25, -0.2) is 0 Å². The van der Waals surface area contributed by atoms with Crippen LogP contribution in [-0.2, 0) is 4.79 Å². The number of carbonyl (C=O) groups excluding carboxylic acids is 1. The van der Waals surface area contributed by atoms with Crippen molar-refractivity contribution in [3.63, 3.8) is 0 Å². The second-order valence-electron chi connectivity index (χ2n) is 9.13. The van der Waals surface area contributed by atoms with E-state index >= 15 is 0 Å². The van der Waals surface area contributed by atoms with Gasteiger partial charge in [0.15, 0.2) is 0 Å². The molecule has 0 radical (unpaired) electrons. The number of fused-ring (bicyclic) bond motifs is 1. The number of amides is 1. The van der Waals surface area contributed by atoms with Gasteiger partial charge in [-0.3, -0.25) is 9.78 Å². The summed E-state index contributed by atoms with van der Waals surface area (Å²) in [6, 6.07) is 25.6. The first-order valence-electron chi connectivity index (χ1n) is 11.7. The Labute approximate surface area is 212 Å². The molecule has 1 amide bonds. The zero-order chi connectivity index (χ0) is 24.5. The van der Waals surface area contributed by atoms with E-state index in [2.05, 4.69) is 25.2 Å². The molecule has 7 nitrogen and oxygen atoms in total. The fourth-order valence-corrected chi connectivity index (χ4v) is 4.51. The van der Waals surface area contributed by atoms with E-state index in [0.717, 1.165) is 45.4 Å². The van der Waals surface area contributed by atoms with Gasteiger partial charge < -0.3 is 14.6 Å². The SMILES string of the molecule is CC1(C(=O)Nc2cccc(NSc3ccc(-c4noc(-c5nccc6ccccc56)n4)cc3)c2)CC1. The predicted octanol–water partition coefficient (Wildman–Crippen LogP) is 6.81. The largest absolute Gasteiger partial charge is 0.332 e. The van der Waals surface area contributed by atoms with Crippen molar-refractivity contribution in [3.05, 3.63) is 85.1 Å². The van der Waals surface area contributed by atoms with Gasteiger partial charge in [0.25, 0.3) is 5.89 Å². The number of nitrogens with zero attached hydrogens (tertiary/aromatic N) is 3. The lowest BCUT2D eigenvalue weighted by Crippen LogP contribution is -2.21. The molecular weight excluding hydrogens is 470 g/mol. The molecule has 5 aromatic rings. The number of rotatable bonds is 7. The number of pyridine rings is 1. The summed E-state index contributed by atoms with van der Waals surface area (Å²) in [4.78, 5) is 22.4. The lowest BCUT2D eigenvalue weighted by molar-refractivity contribution is -0.120. The van der Waals surface area contributed by atoms with Crippen LogP contribution in [0.2, 0.25) is 0 Å². The van der Waals surface area contributed by atoms with Gasteiger partial charge in [0.1, 0.15) is 5.69 Å². The number of anilines is 2. The molecule has 8 heteroatoms. The fraction of sp³-hybridized carbons (Fsp3) is 0.143. The molecule has 0 saturated heterocycles. The normalized spacial score (nSPS) is 13.9. The zero-order valence-electron chi connectivity index (χ0n) is 19.6. The van der Waals surface area contributed by atoms with E-state index in [-0.39, 0.29) is 11.3 Å². The van der Waals surface area contributed by atoms with Crippen molar-refractivity contribution >= 4 is 40.0 Å². The van der Waals surface area contributed by atoms with Gasteiger partial charge >= 0.3 is 0 Å². The molecule has 36 heavy (non-hydrogen) atoms. The minimum absolute atomic E-state index is 0.0868. The third kappa shape index (κ3) is 4.55. The quantitative estimate of drug-likeness (QED) is 0.241. The smallest absolute Gasteiger partial charge is 0.277 e. The topological polar surface area (TPSA) is 92.9 Å². The van der Waals surface area contributed by atoms with Crippen molar-refractivity contribution in [2.75, 3.05) is 10.0 Å². The molecule has 3 aromatic carbocycles. The van der Waals surface area contributed by atoms with Crippen LogP contribution in [0.25, 0.3) is 33.7 Å². The molecule has 0 atom stereocenters. The Kier molecular flexibility index (Phi) is 5.65. The zero-order valence-corrected chi connectivity index (χ0v) is 20.4. The summed E-state index contributed by atoms with van der Waals surface area (Å²) in [5, 5.41) is 9.22. The van der Waals surface area contributed by atoms with Crippen LogP contribution >= 0.6 is 11.9 Å². The molecule has 2 heterocycles. The third-order valence-corrected chi connectivity index (χ3v) is 7.22. The van der Waals surface area contributed by atoms with Crippen LogP contribution in [0.15, 0.2) is 94.5 Å². The lowest BCUT2D eigenvalue weighted by atomic mass is 10.1. The number of carbonyl (C=O) groups is 1. The second kappa shape index (κ2) is 9.13. The molecular formula is C28H23N5O2S. The van der Waals surface area contributed by atoms with Crippen molar-refractivity contribution in [1.82, 2.24) is 15.1 Å². The molecule has 6 rings (SSSR count). The molecule has 0 spiro atoms. The molecule has 1 saturated carbocycles. The highest BCUT2D eigenvalue weighted by atomic mass is 32.2. The summed E-state index contributed by atoms with van der Waals surface area (Å²) < 4.78 is 8.88. The summed E-state index contributed by atoms with van der Waals surface area (Å²) in [5.41, 5.74) is 3.03. The van der Waals surface area contributed by atoms with Crippen LogP contribution in [0.5, 0.6) is 0 Å². The Hall–Kier alpha value is -4.17. The van der Waals surface area contributed by atoms with Gasteiger partial charge in [0, 0.05) is 38.8 Å². The van der Waals surface area contributed by atoms with Crippen molar-refractivity contribution < 1.29 is 9.32 Å². The number of nitrogens with one attached hydrogen (secondary N) is 2. The van der Waals surface area contributed by atoms with Crippen LogP contribution < -0.4 is 10.0 Å². The van der Waals surface area contributed by atoms with E-state index in [1.165, 1.54) is 11.9 Å². The van der Waals surface area contributed by atoms with E-state index in [4.69, 9.17) is 4.52 Å². The van der Waals surface area contributed by atoms with Gasteiger partial charge in [-0.1, -0.05) is 42.4 Å². The highest BCUT2D eigenvalue weighted by molar-refractivity contribution is 8.00. The first kappa shape index (κ1) is 22.3. The van der Waals surface area contributed by atoms with E-state index in [1.54, 1.807) is 6.20 Å². The average Bonchev–Trinajstić information content (AvgIpc) is 3.48. The van der Waals surface area contributed by atoms with E-state index in [9.17, 15) is 4.79 Å². The summed E-state index contributed by atoms with van der Waals surface area (Å²) in [6.45, 7) is 2.00. The average molecular weight is 494 g/mol. The highest BCUT2D eigenvalue weighted by Crippen LogP contribution is 2.45. The predicted molar refractivity (Wildman–Crippen MR) is 142 cm³/mol. The number of hydrogen-bond acceptors (Lipinski definition) is 7. The molecule has 2 aromatic heterocycles. The van der Waals surface area contributed by atoms with Crippen molar-refractivity contribution in [2.24, 2.45) is 5.41 Å². The van der Waals surface area contributed by atoms with E-state index in [1.807, 2.05) is 85.8 Å². The third-order valence-electron chi connectivity index (χ3n) is 6.37. The Morgan fingerprint density at radius 2 is 1.78 bits per heavy atom. The van der Waals surface area contributed by atoms with Crippen LogP contribution in [0, 0.1) is 5.41 Å². The summed E-state index contributed by atoms with van der Waals surface area (Å²) >= 11 is 1.49. The Balaban J connectivity index is 1.12. The van der Waals surface area contributed by atoms with Crippen LogP contribution in [0.4, 0.5) is 11.4 Å².